The lowest BCUT2D eigenvalue weighted by Gasteiger charge is -2.41. The molecule has 1 aromatic carbocycles. The van der Waals surface area contributed by atoms with Crippen LogP contribution in [0.4, 0.5) is 13.2 Å². The van der Waals surface area contributed by atoms with E-state index in [1.165, 1.54) is 19.1 Å². The number of carbonyl (C=O) groups excluding carboxylic acids is 2. The van der Waals surface area contributed by atoms with Crippen molar-refractivity contribution in [1.29, 1.82) is 0 Å². The molecule has 5 nitrogen and oxygen atoms in total. The number of nitrogens with zero attached hydrogens (tertiary/aromatic N) is 2. The number of rotatable bonds is 3. The summed E-state index contributed by atoms with van der Waals surface area (Å²) < 4.78 is 37.9. The maximum Gasteiger partial charge on any atom is 0.416 e. The Bertz CT molecular complexity index is 587. The van der Waals surface area contributed by atoms with Crippen LogP contribution in [0.15, 0.2) is 24.3 Å². The second-order valence-corrected chi connectivity index (χ2v) is 5.55. The van der Waals surface area contributed by atoms with Crippen molar-refractivity contribution in [3.05, 3.63) is 35.4 Å². The molecule has 1 atom stereocenters. The molecule has 1 aliphatic rings. The smallest absolute Gasteiger partial charge is 0.369 e. The van der Waals surface area contributed by atoms with Crippen LogP contribution >= 0.6 is 0 Å². The molecule has 0 saturated carbocycles. The van der Waals surface area contributed by atoms with Crippen molar-refractivity contribution in [3.63, 3.8) is 0 Å². The molecule has 0 aromatic heterocycles. The summed E-state index contributed by atoms with van der Waals surface area (Å²) in [6, 6.07) is 4.35. The van der Waals surface area contributed by atoms with Gasteiger partial charge < -0.3 is 10.6 Å². The zero-order valence-electron chi connectivity index (χ0n) is 12.6. The minimum absolute atomic E-state index is 0.0584. The van der Waals surface area contributed by atoms with Crippen molar-refractivity contribution < 1.29 is 22.8 Å². The molecule has 0 radical (unpaired) electrons. The average Bonchev–Trinajstić information content (AvgIpc) is 2.45. The third-order valence-corrected chi connectivity index (χ3v) is 3.87. The van der Waals surface area contributed by atoms with E-state index in [1.807, 2.05) is 0 Å². The van der Waals surface area contributed by atoms with Gasteiger partial charge >= 0.3 is 6.18 Å². The van der Waals surface area contributed by atoms with E-state index in [9.17, 15) is 22.8 Å². The monoisotopic (exact) mass is 329 g/mol. The highest BCUT2D eigenvalue weighted by Crippen LogP contribution is 2.31. The van der Waals surface area contributed by atoms with Gasteiger partial charge in [-0.1, -0.05) is 12.1 Å². The van der Waals surface area contributed by atoms with Crippen LogP contribution < -0.4 is 5.73 Å². The number of halogens is 3. The van der Waals surface area contributed by atoms with Gasteiger partial charge in [-0.25, -0.2) is 0 Å². The normalized spacial score (nSPS) is 19.7. The maximum absolute atomic E-state index is 12.6. The van der Waals surface area contributed by atoms with Crippen molar-refractivity contribution in [2.45, 2.75) is 19.1 Å². The van der Waals surface area contributed by atoms with E-state index < -0.39 is 23.7 Å². The number of benzene rings is 1. The summed E-state index contributed by atoms with van der Waals surface area (Å²) in [6.45, 7) is 2.73. The molecule has 0 aliphatic carbocycles. The number of hydrogen-bond donors (Lipinski definition) is 1. The summed E-state index contributed by atoms with van der Waals surface area (Å²) >= 11 is 0. The number of nitrogens with two attached hydrogens (primary N) is 1. The van der Waals surface area contributed by atoms with Crippen LogP contribution in [0.1, 0.15) is 24.1 Å². The molecule has 0 bridgehead atoms. The van der Waals surface area contributed by atoms with Crippen LogP contribution in [0.2, 0.25) is 0 Å². The van der Waals surface area contributed by atoms with Gasteiger partial charge in [0.1, 0.15) is 0 Å². The van der Waals surface area contributed by atoms with Gasteiger partial charge in [0.25, 0.3) is 0 Å². The molecular formula is C15H18F3N3O2. The van der Waals surface area contributed by atoms with Crippen molar-refractivity contribution in [1.82, 2.24) is 9.80 Å². The Hall–Kier alpha value is -2.09. The first-order chi connectivity index (χ1) is 10.7. The molecule has 2 amide bonds. The molecule has 2 N–H and O–H groups in total. The van der Waals surface area contributed by atoms with Crippen LogP contribution in [0.25, 0.3) is 0 Å². The number of amides is 2. The van der Waals surface area contributed by atoms with Gasteiger partial charge in [-0.2, -0.15) is 13.2 Å². The van der Waals surface area contributed by atoms with Gasteiger partial charge in [0.15, 0.2) is 0 Å². The molecule has 126 valence electrons. The summed E-state index contributed by atoms with van der Waals surface area (Å²) in [6.07, 6.45) is -4.40. The summed E-state index contributed by atoms with van der Waals surface area (Å²) in [5.41, 5.74) is 5.05. The summed E-state index contributed by atoms with van der Waals surface area (Å²) in [7, 11) is 0. The number of piperazine rings is 1. The largest absolute Gasteiger partial charge is 0.416 e. The molecule has 23 heavy (non-hydrogen) atoms. The fourth-order valence-electron chi connectivity index (χ4n) is 2.76. The van der Waals surface area contributed by atoms with E-state index in [0.717, 1.165) is 12.1 Å². The van der Waals surface area contributed by atoms with Gasteiger partial charge in [-0.3, -0.25) is 14.5 Å². The van der Waals surface area contributed by atoms with E-state index in [4.69, 9.17) is 5.73 Å². The fraction of sp³-hybridized carbons (Fsp3) is 0.467. The van der Waals surface area contributed by atoms with Gasteiger partial charge in [0.05, 0.1) is 18.2 Å². The molecule has 8 heteroatoms. The van der Waals surface area contributed by atoms with Gasteiger partial charge in [0, 0.05) is 26.6 Å². The highest BCUT2D eigenvalue weighted by atomic mass is 19.4. The van der Waals surface area contributed by atoms with Crippen LogP contribution in [-0.4, -0.2) is 47.8 Å². The average molecular weight is 329 g/mol. The first kappa shape index (κ1) is 17.3. The summed E-state index contributed by atoms with van der Waals surface area (Å²) in [5.74, 6) is -0.638. The molecular weight excluding hydrogens is 311 g/mol. The Morgan fingerprint density at radius 3 is 2.30 bits per heavy atom. The van der Waals surface area contributed by atoms with Crippen molar-refractivity contribution in [2.24, 2.45) is 5.73 Å². The number of primary amides is 1. The lowest BCUT2D eigenvalue weighted by atomic mass is 10.0. The Kier molecular flexibility index (Phi) is 4.93. The van der Waals surface area contributed by atoms with E-state index >= 15 is 0 Å². The minimum Gasteiger partial charge on any atom is -0.369 e. The topological polar surface area (TPSA) is 66.6 Å². The summed E-state index contributed by atoms with van der Waals surface area (Å²) in [4.78, 5) is 26.2. The molecule has 1 heterocycles. The Labute approximate surface area is 131 Å². The standard InChI is InChI=1S/C15H18F3N3O2/c1-10(22)21-7-6-20(9-14(19)23)8-13(21)11-2-4-12(5-3-11)15(16,17)18/h2-5,13H,6-9H2,1H3,(H2,19,23). The van der Waals surface area contributed by atoms with Crippen molar-refractivity contribution in [2.75, 3.05) is 26.2 Å². The highest BCUT2D eigenvalue weighted by Gasteiger charge is 2.33. The lowest BCUT2D eigenvalue weighted by Crippen LogP contribution is -2.51. The molecule has 0 spiro atoms. The van der Waals surface area contributed by atoms with E-state index in [1.54, 1.807) is 9.80 Å². The predicted octanol–water partition coefficient (Wildman–Crippen LogP) is 1.40. The van der Waals surface area contributed by atoms with E-state index in [0.29, 0.717) is 25.2 Å². The predicted molar refractivity (Wildman–Crippen MR) is 77.2 cm³/mol. The molecule has 1 aromatic rings. The molecule has 1 aliphatic heterocycles. The second kappa shape index (κ2) is 6.57. The first-order valence-corrected chi connectivity index (χ1v) is 7.13. The van der Waals surface area contributed by atoms with Gasteiger partial charge in [-0.05, 0) is 17.7 Å². The fourth-order valence-corrected chi connectivity index (χ4v) is 2.76. The highest BCUT2D eigenvalue weighted by molar-refractivity contribution is 5.76. The third-order valence-electron chi connectivity index (χ3n) is 3.87. The Morgan fingerprint density at radius 1 is 1.22 bits per heavy atom. The van der Waals surface area contributed by atoms with Crippen LogP contribution in [0.5, 0.6) is 0 Å². The summed E-state index contributed by atoms with van der Waals surface area (Å²) in [5, 5.41) is 0. The molecule has 1 fully saturated rings. The Morgan fingerprint density at radius 2 is 1.83 bits per heavy atom. The number of carbonyl (C=O) groups is 2. The zero-order valence-corrected chi connectivity index (χ0v) is 12.6. The number of alkyl halides is 3. The quantitative estimate of drug-likeness (QED) is 0.911. The third kappa shape index (κ3) is 4.22. The second-order valence-electron chi connectivity index (χ2n) is 5.55. The molecule has 1 unspecified atom stereocenters. The minimum atomic E-state index is -4.40. The van der Waals surface area contributed by atoms with Crippen molar-refractivity contribution >= 4 is 11.8 Å². The molecule has 1 saturated heterocycles. The van der Waals surface area contributed by atoms with Gasteiger partial charge in [0.2, 0.25) is 11.8 Å². The Balaban J connectivity index is 2.24. The lowest BCUT2D eigenvalue weighted by molar-refractivity contribution is -0.138. The van der Waals surface area contributed by atoms with Crippen LogP contribution in [0, 0.1) is 0 Å². The first-order valence-electron chi connectivity index (χ1n) is 7.13. The zero-order chi connectivity index (χ0) is 17.2. The van der Waals surface area contributed by atoms with Crippen LogP contribution in [0.3, 0.4) is 0 Å². The van der Waals surface area contributed by atoms with E-state index in [2.05, 4.69) is 0 Å². The SMILES string of the molecule is CC(=O)N1CCN(CC(N)=O)CC1c1ccc(C(F)(F)F)cc1. The molecule has 2 rings (SSSR count). The van der Waals surface area contributed by atoms with E-state index in [-0.39, 0.29) is 12.5 Å². The maximum atomic E-state index is 12.6. The number of hydrogen-bond acceptors (Lipinski definition) is 3. The van der Waals surface area contributed by atoms with Gasteiger partial charge in [-0.15, -0.1) is 0 Å². The van der Waals surface area contributed by atoms with Crippen molar-refractivity contribution in [3.8, 4) is 0 Å². The van der Waals surface area contributed by atoms with Crippen LogP contribution in [-0.2, 0) is 15.8 Å².